The predicted molar refractivity (Wildman–Crippen MR) is 74.6 cm³/mol. The van der Waals surface area contributed by atoms with E-state index in [9.17, 15) is 9.90 Å². The number of anilines is 1. The van der Waals surface area contributed by atoms with Crippen molar-refractivity contribution in [3.8, 4) is 11.5 Å². The number of aromatic hydroxyl groups is 1. The van der Waals surface area contributed by atoms with Gasteiger partial charge in [-0.3, -0.25) is 0 Å². The van der Waals surface area contributed by atoms with Crippen molar-refractivity contribution in [1.29, 1.82) is 0 Å². The Morgan fingerprint density at radius 2 is 1.90 bits per heavy atom. The van der Waals surface area contributed by atoms with E-state index in [1.807, 2.05) is 0 Å². The van der Waals surface area contributed by atoms with Crippen LogP contribution in [0.3, 0.4) is 0 Å². The van der Waals surface area contributed by atoms with Crippen LogP contribution in [-0.2, 0) is 11.3 Å². The van der Waals surface area contributed by atoms with Crippen LogP contribution in [0.5, 0.6) is 11.5 Å². The average Bonchev–Trinajstić information content (AvgIpc) is 2.46. The number of benzene rings is 2. The number of phenolic OH excluding ortho intramolecular Hbond substituents is 1. The van der Waals surface area contributed by atoms with Gasteiger partial charge in [0.15, 0.2) is 0 Å². The summed E-state index contributed by atoms with van der Waals surface area (Å²) in [6.07, 6.45) is 0. The minimum Gasteiger partial charge on any atom is -0.508 e. The Morgan fingerprint density at radius 1 is 1.20 bits per heavy atom. The molecule has 2 rings (SSSR count). The minimum absolute atomic E-state index is 0.188. The first-order valence-electron chi connectivity index (χ1n) is 5.98. The van der Waals surface area contributed by atoms with E-state index in [0.29, 0.717) is 17.0 Å². The Hall–Kier alpha value is -2.69. The van der Waals surface area contributed by atoms with E-state index in [2.05, 4.69) is 0 Å². The topological polar surface area (TPSA) is 81.8 Å². The third-order valence-corrected chi connectivity index (χ3v) is 2.74. The standard InChI is InChI=1S/C15H15NO4/c1-19-15(18)13-7-4-11(16)8-14(13)20-9-10-2-5-12(17)6-3-10/h2-8,17H,9,16H2,1H3. The molecule has 20 heavy (non-hydrogen) atoms. The van der Waals surface area contributed by atoms with Crippen molar-refractivity contribution >= 4 is 11.7 Å². The smallest absolute Gasteiger partial charge is 0.341 e. The number of carbonyl (C=O) groups is 1. The van der Waals surface area contributed by atoms with Gasteiger partial charge in [-0.05, 0) is 29.8 Å². The third-order valence-electron chi connectivity index (χ3n) is 2.74. The average molecular weight is 273 g/mol. The summed E-state index contributed by atoms with van der Waals surface area (Å²) >= 11 is 0. The number of carbonyl (C=O) groups excluding carboxylic acids is 1. The Labute approximate surface area is 116 Å². The summed E-state index contributed by atoms with van der Waals surface area (Å²) < 4.78 is 10.3. The van der Waals surface area contributed by atoms with E-state index in [0.717, 1.165) is 5.56 Å². The highest BCUT2D eigenvalue weighted by atomic mass is 16.5. The van der Waals surface area contributed by atoms with Crippen molar-refractivity contribution in [2.45, 2.75) is 6.61 Å². The lowest BCUT2D eigenvalue weighted by Crippen LogP contribution is -2.06. The monoisotopic (exact) mass is 273 g/mol. The zero-order chi connectivity index (χ0) is 14.5. The number of methoxy groups -OCH3 is 1. The second-order valence-electron chi connectivity index (χ2n) is 4.20. The van der Waals surface area contributed by atoms with E-state index in [1.165, 1.54) is 7.11 Å². The molecule has 0 aliphatic carbocycles. The molecule has 2 aromatic rings. The SMILES string of the molecule is COC(=O)c1ccc(N)cc1OCc1ccc(O)cc1. The van der Waals surface area contributed by atoms with E-state index in [-0.39, 0.29) is 12.4 Å². The molecule has 0 fully saturated rings. The largest absolute Gasteiger partial charge is 0.508 e. The summed E-state index contributed by atoms with van der Waals surface area (Å²) in [5, 5.41) is 9.21. The van der Waals surface area contributed by atoms with E-state index in [4.69, 9.17) is 15.2 Å². The Bertz CT molecular complexity index is 608. The lowest BCUT2D eigenvalue weighted by atomic mass is 10.2. The fourth-order valence-corrected chi connectivity index (χ4v) is 1.69. The maximum absolute atomic E-state index is 11.6. The molecule has 0 aliphatic rings. The van der Waals surface area contributed by atoms with Crippen LogP contribution in [0.25, 0.3) is 0 Å². The number of nitrogen functional groups attached to an aromatic ring is 1. The third kappa shape index (κ3) is 3.20. The highest BCUT2D eigenvalue weighted by molar-refractivity contribution is 5.93. The minimum atomic E-state index is -0.481. The summed E-state index contributed by atoms with van der Waals surface area (Å²) in [4.78, 5) is 11.6. The lowest BCUT2D eigenvalue weighted by Gasteiger charge is -2.11. The van der Waals surface area contributed by atoms with Gasteiger partial charge in [-0.2, -0.15) is 0 Å². The van der Waals surface area contributed by atoms with Gasteiger partial charge in [0.05, 0.1) is 7.11 Å². The quantitative estimate of drug-likeness (QED) is 0.660. The highest BCUT2D eigenvalue weighted by Crippen LogP contribution is 2.24. The molecule has 0 saturated carbocycles. The second kappa shape index (κ2) is 5.97. The molecule has 0 heterocycles. The number of phenols is 1. The number of hydrogen-bond acceptors (Lipinski definition) is 5. The van der Waals surface area contributed by atoms with Crippen molar-refractivity contribution in [2.75, 3.05) is 12.8 Å². The van der Waals surface area contributed by atoms with Gasteiger partial charge in [-0.15, -0.1) is 0 Å². The number of hydrogen-bond donors (Lipinski definition) is 2. The normalized spacial score (nSPS) is 10.1. The molecule has 0 bridgehead atoms. The molecule has 0 amide bonds. The molecule has 0 radical (unpaired) electrons. The molecule has 3 N–H and O–H groups in total. The van der Waals surface area contributed by atoms with Crippen LogP contribution >= 0.6 is 0 Å². The van der Waals surface area contributed by atoms with Crippen LogP contribution in [0.2, 0.25) is 0 Å². The van der Waals surface area contributed by atoms with Crippen LogP contribution in [-0.4, -0.2) is 18.2 Å². The van der Waals surface area contributed by atoms with Gasteiger partial charge in [-0.1, -0.05) is 12.1 Å². The Balaban J connectivity index is 2.17. The summed E-state index contributed by atoms with van der Waals surface area (Å²) in [7, 11) is 1.31. The van der Waals surface area contributed by atoms with Gasteiger partial charge in [0.1, 0.15) is 23.7 Å². The molecule has 0 aliphatic heterocycles. The van der Waals surface area contributed by atoms with Gasteiger partial charge in [0.25, 0.3) is 0 Å². The number of nitrogens with two attached hydrogens (primary N) is 1. The van der Waals surface area contributed by atoms with Gasteiger partial charge in [0.2, 0.25) is 0 Å². The fraction of sp³-hybridized carbons (Fsp3) is 0.133. The van der Waals surface area contributed by atoms with Gasteiger partial charge < -0.3 is 20.3 Å². The molecule has 0 atom stereocenters. The molecule has 0 aromatic heterocycles. The van der Waals surface area contributed by atoms with E-state index < -0.39 is 5.97 Å². The maximum atomic E-state index is 11.6. The van der Waals surface area contributed by atoms with Crippen LogP contribution in [0.15, 0.2) is 42.5 Å². The summed E-state index contributed by atoms with van der Waals surface area (Å²) in [5.41, 5.74) is 7.37. The van der Waals surface area contributed by atoms with Crippen molar-refractivity contribution in [1.82, 2.24) is 0 Å². The molecular weight excluding hydrogens is 258 g/mol. The first-order valence-corrected chi connectivity index (χ1v) is 5.98. The summed E-state index contributed by atoms with van der Waals surface area (Å²) in [5.74, 6) is 0.0728. The van der Waals surface area contributed by atoms with Crippen molar-refractivity contribution < 1.29 is 19.4 Å². The van der Waals surface area contributed by atoms with Crippen LogP contribution in [0.4, 0.5) is 5.69 Å². The number of rotatable bonds is 4. The molecule has 5 nitrogen and oxygen atoms in total. The highest BCUT2D eigenvalue weighted by Gasteiger charge is 2.13. The fourth-order valence-electron chi connectivity index (χ4n) is 1.69. The first-order chi connectivity index (χ1) is 9.60. The number of esters is 1. The van der Waals surface area contributed by atoms with Crippen LogP contribution in [0, 0.1) is 0 Å². The van der Waals surface area contributed by atoms with Crippen LogP contribution < -0.4 is 10.5 Å². The van der Waals surface area contributed by atoms with Gasteiger partial charge in [-0.25, -0.2) is 4.79 Å². The molecule has 0 saturated heterocycles. The van der Waals surface area contributed by atoms with Gasteiger partial charge >= 0.3 is 5.97 Å². The molecular formula is C15H15NO4. The Kier molecular flexibility index (Phi) is 4.10. The number of ether oxygens (including phenoxy) is 2. The summed E-state index contributed by atoms with van der Waals surface area (Å²) in [6.45, 7) is 0.258. The predicted octanol–water partition coefficient (Wildman–Crippen LogP) is 2.34. The Morgan fingerprint density at radius 3 is 2.55 bits per heavy atom. The van der Waals surface area contributed by atoms with E-state index in [1.54, 1.807) is 42.5 Å². The van der Waals surface area contributed by atoms with Crippen molar-refractivity contribution in [3.05, 3.63) is 53.6 Å². The van der Waals surface area contributed by atoms with E-state index >= 15 is 0 Å². The zero-order valence-electron chi connectivity index (χ0n) is 11.0. The molecule has 5 heteroatoms. The lowest BCUT2D eigenvalue weighted by molar-refractivity contribution is 0.0595. The van der Waals surface area contributed by atoms with Gasteiger partial charge in [0, 0.05) is 11.8 Å². The molecule has 2 aromatic carbocycles. The molecule has 0 unspecified atom stereocenters. The van der Waals surface area contributed by atoms with Crippen molar-refractivity contribution in [2.24, 2.45) is 0 Å². The van der Waals surface area contributed by atoms with Crippen LogP contribution in [0.1, 0.15) is 15.9 Å². The second-order valence-corrected chi connectivity index (χ2v) is 4.20. The zero-order valence-corrected chi connectivity index (χ0v) is 11.0. The summed E-state index contributed by atoms with van der Waals surface area (Å²) in [6, 6.07) is 11.4. The maximum Gasteiger partial charge on any atom is 0.341 e. The van der Waals surface area contributed by atoms with Crippen molar-refractivity contribution in [3.63, 3.8) is 0 Å². The molecule has 104 valence electrons. The first kappa shape index (κ1) is 13.7. The molecule has 0 spiro atoms.